The summed E-state index contributed by atoms with van der Waals surface area (Å²) in [6.45, 7) is 8.37. The van der Waals surface area contributed by atoms with Crippen molar-refractivity contribution in [1.29, 1.82) is 0 Å². The Hall–Kier alpha value is -2.21. The first-order chi connectivity index (χ1) is 14.0. The second-order valence-corrected chi connectivity index (χ2v) is 8.36. The molecule has 2 aromatic carbocycles. The summed E-state index contributed by atoms with van der Waals surface area (Å²) in [4.78, 5) is 20.8. The lowest BCUT2D eigenvalue weighted by Gasteiger charge is -2.30. The highest BCUT2D eigenvalue weighted by molar-refractivity contribution is 7.15. The molecule has 29 heavy (non-hydrogen) atoms. The van der Waals surface area contributed by atoms with Crippen LogP contribution in [0.3, 0.4) is 0 Å². The molecular formula is C23H26ClN3OS. The lowest BCUT2D eigenvalue weighted by molar-refractivity contribution is 0.0931. The van der Waals surface area contributed by atoms with Crippen LogP contribution in [0.1, 0.15) is 40.9 Å². The number of hydrogen-bond acceptors (Lipinski definition) is 4. The van der Waals surface area contributed by atoms with E-state index >= 15 is 0 Å². The molecule has 0 aliphatic carbocycles. The van der Waals surface area contributed by atoms with Gasteiger partial charge >= 0.3 is 0 Å². The molecule has 3 aromatic rings. The van der Waals surface area contributed by atoms with E-state index in [-0.39, 0.29) is 11.9 Å². The van der Waals surface area contributed by atoms with Crippen molar-refractivity contribution in [2.75, 3.05) is 19.6 Å². The molecule has 0 bridgehead atoms. The molecule has 0 radical (unpaired) electrons. The zero-order valence-electron chi connectivity index (χ0n) is 17.0. The Morgan fingerprint density at radius 1 is 1.10 bits per heavy atom. The highest BCUT2D eigenvalue weighted by Crippen LogP contribution is 2.31. The molecule has 152 valence electrons. The summed E-state index contributed by atoms with van der Waals surface area (Å²) in [5, 5.41) is 4.69. The van der Waals surface area contributed by atoms with Crippen molar-refractivity contribution in [3.8, 4) is 10.4 Å². The normalized spacial score (nSPS) is 12.2. The summed E-state index contributed by atoms with van der Waals surface area (Å²) in [5.74, 6) is -0.155. The number of halogens is 1. The van der Waals surface area contributed by atoms with Crippen molar-refractivity contribution >= 4 is 28.8 Å². The summed E-state index contributed by atoms with van der Waals surface area (Å²) < 4.78 is 0. The average Bonchev–Trinajstić information content (AvgIpc) is 3.14. The van der Waals surface area contributed by atoms with Gasteiger partial charge in [-0.05, 0) is 37.2 Å². The summed E-state index contributed by atoms with van der Waals surface area (Å²) in [6, 6.07) is 17.8. The lowest BCUT2D eigenvalue weighted by atomic mass is 10.0. The number of carbonyl (C=O) groups is 1. The fourth-order valence-corrected chi connectivity index (χ4v) is 4.67. The van der Waals surface area contributed by atoms with Crippen LogP contribution in [-0.4, -0.2) is 35.4 Å². The standard InChI is InChI=1S/C23H26ClN3OS/c1-4-27(5-2)20(18-13-9-10-14-19(18)24)15-25-23(28)21-22(29-16(3)26-21)17-11-7-6-8-12-17/h6-14,20H,4-5,15H2,1-3H3,(H,25,28). The third kappa shape index (κ3) is 5.04. The first-order valence-electron chi connectivity index (χ1n) is 9.84. The number of aryl methyl sites for hydroxylation is 1. The minimum atomic E-state index is -0.155. The van der Waals surface area contributed by atoms with E-state index in [0.717, 1.165) is 34.1 Å². The molecule has 1 heterocycles. The SMILES string of the molecule is CCN(CC)C(CNC(=O)c1nc(C)sc1-c1ccccc1)c1ccccc1Cl. The van der Waals surface area contributed by atoms with Crippen LogP contribution < -0.4 is 5.32 Å². The molecule has 1 unspecified atom stereocenters. The van der Waals surface area contributed by atoms with E-state index in [0.29, 0.717) is 17.3 Å². The maximum atomic E-state index is 13.1. The van der Waals surface area contributed by atoms with Gasteiger partial charge in [0.2, 0.25) is 0 Å². The van der Waals surface area contributed by atoms with E-state index in [1.165, 1.54) is 0 Å². The molecule has 6 heteroatoms. The molecule has 3 rings (SSSR count). The largest absolute Gasteiger partial charge is 0.349 e. The van der Waals surface area contributed by atoms with Crippen LogP contribution in [0.15, 0.2) is 54.6 Å². The number of nitrogens with one attached hydrogen (secondary N) is 1. The van der Waals surface area contributed by atoms with Gasteiger partial charge in [-0.2, -0.15) is 0 Å². The van der Waals surface area contributed by atoms with Crippen molar-refractivity contribution in [1.82, 2.24) is 15.2 Å². The fourth-order valence-electron chi connectivity index (χ4n) is 3.48. The van der Waals surface area contributed by atoms with Gasteiger partial charge in [-0.25, -0.2) is 4.98 Å². The number of benzene rings is 2. The highest BCUT2D eigenvalue weighted by Gasteiger charge is 2.23. The molecule has 0 spiro atoms. The van der Waals surface area contributed by atoms with Gasteiger partial charge in [-0.1, -0.05) is 74.0 Å². The average molecular weight is 428 g/mol. The van der Waals surface area contributed by atoms with Gasteiger partial charge in [-0.3, -0.25) is 9.69 Å². The number of aromatic nitrogens is 1. The van der Waals surface area contributed by atoms with Crippen LogP contribution in [0.2, 0.25) is 5.02 Å². The Morgan fingerprint density at radius 2 is 1.76 bits per heavy atom. The quantitative estimate of drug-likeness (QED) is 0.510. The third-order valence-electron chi connectivity index (χ3n) is 4.96. The molecule has 1 amide bonds. The first-order valence-corrected chi connectivity index (χ1v) is 11.0. The molecule has 1 aromatic heterocycles. The minimum Gasteiger partial charge on any atom is -0.349 e. The first kappa shape index (κ1) is 21.5. The van der Waals surface area contributed by atoms with Crippen LogP contribution in [0, 0.1) is 6.92 Å². The molecule has 1 N–H and O–H groups in total. The smallest absolute Gasteiger partial charge is 0.271 e. The number of amides is 1. The second-order valence-electron chi connectivity index (χ2n) is 6.75. The van der Waals surface area contributed by atoms with E-state index in [1.54, 1.807) is 11.3 Å². The predicted octanol–water partition coefficient (Wildman–Crippen LogP) is 5.58. The fraction of sp³-hybridized carbons (Fsp3) is 0.304. The van der Waals surface area contributed by atoms with E-state index in [9.17, 15) is 4.79 Å². The van der Waals surface area contributed by atoms with Crippen molar-refractivity contribution in [3.63, 3.8) is 0 Å². The topological polar surface area (TPSA) is 45.2 Å². The Labute approximate surface area is 181 Å². The molecule has 4 nitrogen and oxygen atoms in total. The van der Waals surface area contributed by atoms with E-state index < -0.39 is 0 Å². The Morgan fingerprint density at radius 3 is 2.41 bits per heavy atom. The van der Waals surface area contributed by atoms with Crippen LogP contribution in [0.5, 0.6) is 0 Å². The van der Waals surface area contributed by atoms with Gasteiger partial charge in [-0.15, -0.1) is 11.3 Å². The number of likely N-dealkylation sites (N-methyl/N-ethyl adjacent to an activating group) is 1. The van der Waals surface area contributed by atoms with Crippen LogP contribution >= 0.6 is 22.9 Å². The number of nitrogens with zero attached hydrogens (tertiary/aromatic N) is 2. The number of thiazole rings is 1. The number of hydrogen-bond donors (Lipinski definition) is 1. The van der Waals surface area contributed by atoms with Gasteiger partial charge < -0.3 is 5.32 Å². The minimum absolute atomic E-state index is 0.00237. The predicted molar refractivity (Wildman–Crippen MR) is 122 cm³/mol. The molecule has 0 aliphatic heterocycles. The van der Waals surface area contributed by atoms with Crippen molar-refractivity contribution < 1.29 is 4.79 Å². The highest BCUT2D eigenvalue weighted by atomic mass is 35.5. The molecule has 0 saturated heterocycles. The summed E-state index contributed by atoms with van der Waals surface area (Å²) in [7, 11) is 0. The van der Waals surface area contributed by atoms with Crippen molar-refractivity contribution in [3.05, 3.63) is 75.9 Å². The van der Waals surface area contributed by atoms with Crippen LogP contribution in [-0.2, 0) is 0 Å². The Kier molecular flexibility index (Phi) is 7.42. The van der Waals surface area contributed by atoms with Gasteiger partial charge in [0.15, 0.2) is 0 Å². The van der Waals surface area contributed by atoms with E-state index in [1.807, 2.05) is 61.5 Å². The molecule has 0 aliphatic rings. The Balaban J connectivity index is 1.84. The van der Waals surface area contributed by atoms with Gasteiger partial charge in [0.1, 0.15) is 5.69 Å². The number of rotatable bonds is 8. The molecule has 0 fully saturated rings. The zero-order valence-corrected chi connectivity index (χ0v) is 18.6. The molecular weight excluding hydrogens is 402 g/mol. The summed E-state index contributed by atoms with van der Waals surface area (Å²) >= 11 is 8.01. The summed E-state index contributed by atoms with van der Waals surface area (Å²) in [6.07, 6.45) is 0. The lowest BCUT2D eigenvalue weighted by Crippen LogP contribution is -2.38. The van der Waals surface area contributed by atoms with E-state index in [4.69, 9.17) is 11.6 Å². The van der Waals surface area contributed by atoms with Gasteiger partial charge in [0.25, 0.3) is 5.91 Å². The second kappa shape index (κ2) is 10.0. The molecule has 0 saturated carbocycles. The van der Waals surface area contributed by atoms with Crippen molar-refractivity contribution in [2.24, 2.45) is 0 Å². The van der Waals surface area contributed by atoms with Crippen molar-refractivity contribution in [2.45, 2.75) is 26.8 Å². The third-order valence-corrected chi connectivity index (χ3v) is 6.32. The summed E-state index contributed by atoms with van der Waals surface area (Å²) in [5.41, 5.74) is 2.52. The monoisotopic (exact) mass is 427 g/mol. The maximum Gasteiger partial charge on any atom is 0.271 e. The van der Waals surface area contributed by atoms with Gasteiger partial charge in [0.05, 0.1) is 15.9 Å². The van der Waals surface area contributed by atoms with Gasteiger partial charge in [0, 0.05) is 11.6 Å². The van der Waals surface area contributed by atoms with Crippen LogP contribution in [0.25, 0.3) is 10.4 Å². The maximum absolute atomic E-state index is 13.1. The Bertz CT molecular complexity index is 954. The van der Waals surface area contributed by atoms with E-state index in [2.05, 4.69) is 29.0 Å². The zero-order chi connectivity index (χ0) is 20.8. The molecule has 1 atom stereocenters. The van der Waals surface area contributed by atoms with Crippen LogP contribution in [0.4, 0.5) is 0 Å². The number of carbonyl (C=O) groups excluding carboxylic acids is 1.